The van der Waals surface area contributed by atoms with Gasteiger partial charge in [-0.1, -0.05) is 57.8 Å². The maximum absolute atomic E-state index is 12.0. The first-order valence-electron chi connectivity index (χ1n) is 8.94. The van der Waals surface area contributed by atoms with E-state index in [4.69, 9.17) is 4.74 Å². The highest BCUT2D eigenvalue weighted by molar-refractivity contribution is 5.70. The van der Waals surface area contributed by atoms with Gasteiger partial charge >= 0.3 is 5.97 Å². The molecule has 0 spiro atoms. The van der Waals surface area contributed by atoms with Gasteiger partial charge in [-0.15, -0.1) is 0 Å². The van der Waals surface area contributed by atoms with Crippen LogP contribution in [0.25, 0.3) is 0 Å². The second-order valence-corrected chi connectivity index (χ2v) is 6.78. The smallest absolute Gasteiger partial charge is 0.307 e. The Morgan fingerprint density at radius 3 is 1.71 bits per heavy atom. The Labute approximate surface area is 131 Å². The molecular weight excluding hydrogens is 262 g/mol. The molecule has 0 amide bonds. The molecule has 3 nitrogen and oxygen atoms in total. The molecule has 0 saturated heterocycles. The van der Waals surface area contributed by atoms with Crippen LogP contribution >= 0.6 is 0 Å². The lowest BCUT2D eigenvalue weighted by Crippen LogP contribution is -2.46. The highest BCUT2D eigenvalue weighted by Crippen LogP contribution is 2.32. The molecule has 0 N–H and O–H groups in total. The van der Waals surface area contributed by atoms with Gasteiger partial charge in [0.15, 0.2) is 0 Å². The maximum atomic E-state index is 12.0. The van der Waals surface area contributed by atoms with Crippen molar-refractivity contribution in [2.45, 2.75) is 89.5 Å². The van der Waals surface area contributed by atoms with Crippen LogP contribution in [0.2, 0.25) is 0 Å². The molecule has 1 fully saturated rings. The summed E-state index contributed by atoms with van der Waals surface area (Å²) in [5.74, 6) is -0.0294. The van der Waals surface area contributed by atoms with Crippen LogP contribution in [-0.2, 0) is 9.53 Å². The first kappa shape index (κ1) is 18.5. The summed E-state index contributed by atoms with van der Waals surface area (Å²) in [4.78, 5) is 14.3. The van der Waals surface area contributed by atoms with E-state index in [0.29, 0.717) is 13.0 Å². The van der Waals surface area contributed by atoms with Crippen LogP contribution in [0.1, 0.15) is 84.0 Å². The van der Waals surface area contributed by atoms with Crippen LogP contribution in [0.3, 0.4) is 0 Å². The summed E-state index contributed by atoms with van der Waals surface area (Å²) in [5.41, 5.74) is 0.00541. The average Bonchev–Trinajstić information content (AvgIpc) is 2.42. The summed E-state index contributed by atoms with van der Waals surface area (Å²) in [6, 6.07) is 0. The third-order valence-corrected chi connectivity index (χ3v) is 5.01. The summed E-state index contributed by atoms with van der Waals surface area (Å²) in [6.07, 6.45) is 14.7. The number of hydrogen-bond acceptors (Lipinski definition) is 3. The molecule has 0 aliphatic heterocycles. The molecule has 0 unspecified atom stereocenters. The van der Waals surface area contributed by atoms with Crippen molar-refractivity contribution >= 4 is 5.97 Å². The topological polar surface area (TPSA) is 29.5 Å². The van der Waals surface area contributed by atoms with Crippen molar-refractivity contribution < 1.29 is 9.53 Å². The molecule has 0 radical (unpaired) electrons. The van der Waals surface area contributed by atoms with Crippen LogP contribution in [-0.4, -0.2) is 37.1 Å². The van der Waals surface area contributed by atoms with Crippen molar-refractivity contribution in [1.82, 2.24) is 4.90 Å². The molecule has 124 valence electrons. The molecular formula is C18H35NO2. The molecule has 0 aromatic rings. The zero-order chi connectivity index (χ0) is 15.6. The van der Waals surface area contributed by atoms with Crippen molar-refractivity contribution in [3.63, 3.8) is 0 Å². The van der Waals surface area contributed by atoms with Crippen molar-refractivity contribution in [2.24, 2.45) is 0 Å². The summed E-state index contributed by atoms with van der Waals surface area (Å²) in [6.45, 7) is 2.38. The van der Waals surface area contributed by atoms with E-state index in [9.17, 15) is 4.79 Å². The number of rotatable bonds is 4. The number of carbonyl (C=O) groups is 1. The van der Waals surface area contributed by atoms with Crippen molar-refractivity contribution in [3.8, 4) is 0 Å². The van der Waals surface area contributed by atoms with Gasteiger partial charge in [-0.05, 0) is 33.9 Å². The Hall–Kier alpha value is -0.570. The van der Waals surface area contributed by atoms with Crippen molar-refractivity contribution in [1.29, 1.82) is 0 Å². The third-order valence-electron chi connectivity index (χ3n) is 5.01. The average molecular weight is 297 g/mol. The van der Waals surface area contributed by atoms with E-state index in [1.165, 1.54) is 57.8 Å². The zero-order valence-corrected chi connectivity index (χ0v) is 14.5. The highest BCUT2D eigenvalue weighted by atomic mass is 16.5. The highest BCUT2D eigenvalue weighted by Gasteiger charge is 2.34. The number of hydrogen-bond donors (Lipinski definition) is 0. The van der Waals surface area contributed by atoms with Crippen molar-refractivity contribution in [2.75, 3.05) is 20.7 Å². The van der Waals surface area contributed by atoms with E-state index in [1.807, 2.05) is 6.92 Å². The summed E-state index contributed by atoms with van der Waals surface area (Å²) in [5, 5.41) is 0. The van der Waals surface area contributed by atoms with E-state index >= 15 is 0 Å². The molecule has 0 aromatic heterocycles. The number of esters is 1. The van der Waals surface area contributed by atoms with Gasteiger partial charge < -0.3 is 9.64 Å². The normalized spacial score (nSPS) is 21.3. The number of ether oxygens (including phenoxy) is 1. The molecule has 1 rings (SSSR count). The second-order valence-electron chi connectivity index (χ2n) is 6.78. The van der Waals surface area contributed by atoms with Crippen molar-refractivity contribution in [3.05, 3.63) is 0 Å². The van der Waals surface area contributed by atoms with E-state index < -0.39 is 0 Å². The Morgan fingerprint density at radius 1 is 0.905 bits per heavy atom. The Bertz CT molecular complexity index is 277. The van der Waals surface area contributed by atoms with Crippen LogP contribution in [0, 0.1) is 0 Å². The van der Waals surface area contributed by atoms with Gasteiger partial charge in [0.1, 0.15) is 0 Å². The number of carbonyl (C=O) groups excluding carboxylic acids is 1. The fourth-order valence-corrected chi connectivity index (χ4v) is 3.53. The first-order valence-corrected chi connectivity index (χ1v) is 8.94. The Kier molecular flexibility index (Phi) is 8.98. The van der Waals surface area contributed by atoms with Gasteiger partial charge in [-0.3, -0.25) is 4.79 Å². The summed E-state index contributed by atoms with van der Waals surface area (Å²) >= 11 is 0. The molecule has 0 atom stereocenters. The molecule has 1 aliphatic rings. The molecule has 21 heavy (non-hydrogen) atoms. The van der Waals surface area contributed by atoms with Gasteiger partial charge in [-0.2, -0.15) is 0 Å². The zero-order valence-electron chi connectivity index (χ0n) is 14.5. The van der Waals surface area contributed by atoms with Gasteiger partial charge in [0.2, 0.25) is 0 Å². The lowest BCUT2D eigenvalue weighted by atomic mass is 9.82. The van der Waals surface area contributed by atoms with E-state index in [1.54, 1.807) is 0 Å². The van der Waals surface area contributed by atoms with Crippen LogP contribution in [0.15, 0.2) is 0 Å². The lowest BCUT2D eigenvalue weighted by Gasteiger charge is -2.40. The SMILES string of the molecule is CCOC(=O)CC1(N(C)C)CCCCCCCCCCC1. The van der Waals surface area contributed by atoms with Gasteiger partial charge in [-0.25, -0.2) is 0 Å². The largest absolute Gasteiger partial charge is 0.466 e. The van der Waals surface area contributed by atoms with Crippen LogP contribution in [0.5, 0.6) is 0 Å². The van der Waals surface area contributed by atoms with E-state index in [-0.39, 0.29) is 11.5 Å². The quantitative estimate of drug-likeness (QED) is 0.713. The fraction of sp³-hybridized carbons (Fsp3) is 0.944. The minimum Gasteiger partial charge on any atom is -0.466 e. The molecule has 0 heterocycles. The first-order chi connectivity index (χ1) is 10.1. The summed E-state index contributed by atoms with van der Waals surface area (Å²) < 4.78 is 5.23. The van der Waals surface area contributed by atoms with Crippen LogP contribution in [0.4, 0.5) is 0 Å². The molecule has 0 aromatic carbocycles. The van der Waals surface area contributed by atoms with Gasteiger partial charge in [0, 0.05) is 5.54 Å². The molecule has 1 saturated carbocycles. The monoisotopic (exact) mass is 297 g/mol. The van der Waals surface area contributed by atoms with E-state index in [0.717, 1.165) is 12.8 Å². The van der Waals surface area contributed by atoms with E-state index in [2.05, 4.69) is 19.0 Å². The fourth-order valence-electron chi connectivity index (χ4n) is 3.53. The lowest BCUT2D eigenvalue weighted by molar-refractivity contribution is -0.146. The third kappa shape index (κ3) is 6.82. The summed E-state index contributed by atoms with van der Waals surface area (Å²) in [7, 11) is 4.26. The number of nitrogens with zero attached hydrogens (tertiary/aromatic N) is 1. The minimum absolute atomic E-state index is 0.00541. The molecule has 1 aliphatic carbocycles. The minimum atomic E-state index is -0.0294. The Balaban J connectivity index is 2.69. The molecule has 0 bridgehead atoms. The predicted molar refractivity (Wildman–Crippen MR) is 88.5 cm³/mol. The predicted octanol–water partition coefficient (Wildman–Crippen LogP) is 4.54. The maximum Gasteiger partial charge on any atom is 0.307 e. The second kappa shape index (κ2) is 10.2. The van der Waals surface area contributed by atoms with Gasteiger partial charge in [0.25, 0.3) is 0 Å². The molecule has 3 heteroatoms. The van der Waals surface area contributed by atoms with Crippen LogP contribution < -0.4 is 0 Å². The van der Waals surface area contributed by atoms with Gasteiger partial charge in [0.05, 0.1) is 13.0 Å². The standard InChI is InChI=1S/C18H35NO2/c1-4-21-17(20)16-18(19(2)3)14-12-10-8-6-5-7-9-11-13-15-18/h4-16H2,1-3H3. The Morgan fingerprint density at radius 2 is 1.33 bits per heavy atom.